The molecule has 0 unspecified atom stereocenters. The van der Waals surface area contributed by atoms with Crippen LogP contribution in [0.2, 0.25) is 0 Å². The second-order valence-electron chi connectivity index (χ2n) is 8.30. The molecular weight excluding hydrogens is 425 g/mol. The van der Waals surface area contributed by atoms with E-state index in [4.69, 9.17) is 0 Å². The maximum absolute atomic E-state index is 14.2. The lowest BCUT2D eigenvalue weighted by atomic mass is 9.98. The average Bonchev–Trinajstić information content (AvgIpc) is 3.09. The molecule has 5 nitrogen and oxygen atoms in total. The quantitative estimate of drug-likeness (QED) is 0.492. The minimum atomic E-state index is -3.79. The Morgan fingerprint density at radius 1 is 1.00 bits per heavy atom. The van der Waals surface area contributed by atoms with E-state index in [1.54, 1.807) is 35.3 Å². The van der Waals surface area contributed by atoms with Crippen LogP contribution in [-0.4, -0.2) is 24.5 Å². The van der Waals surface area contributed by atoms with Gasteiger partial charge in [-0.05, 0) is 67.3 Å². The number of aryl methyl sites for hydroxylation is 2. The first-order valence-corrected chi connectivity index (χ1v) is 12.0. The van der Waals surface area contributed by atoms with Crippen molar-refractivity contribution < 1.29 is 12.8 Å². The van der Waals surface area contributed by atoms with Gasteiger partial charge in [0.2, 0.25) is 0 Å². The first-order valence-electron chi connectivity index (χ1n) is 10.5. The van der Waals surface area contributed by atoms with E-state index in [1.165, 1.54) is 12.1 Å². The summed E-state index contributed by atoms with van der Waals surface area (Å²) in [7, 11) is -3.79. The lowest BCUT2D eigenvalue weighted by Crippen LogP contribution is -2.49. The molecular formula is C25H24FN3O2S. The van der Waals surface area contributed by atoms with Crippen molar-refractivity contribution in [1.29, 1.82) is 0 Å². The predicted octanol–water partition coefficient (Wildman–Crippen LogP) is 4.70. The normalized spacial score (nSPS) is 16.9. The Kier molecular flexibility index (Phi) is 5.12. The van der Waals surface area contributed by atoms with Crippen molar-refractivity contribution in [3.8, 4) is 0 Å². The minimum absolute atomic E-state index is 0.209. The molecule has 2 heterocycles. The van der Waals surface area contributed by atoms with Gasteiger partial charge >= 0.3 is 0 Å². The maximum Gasteiger partial charge on any atom is 0.253 e. The standard InChI is InChI=1S/C25H24FN3O2S/c1-17-7-10-21(11-8-17)32(30,31)27-29-14-13-19-5-3-4-6-23(19)25(29)28-16-18(2)22-12-9-20(26)15-24(22)28/h3-12,15-16,25,27H,13-14H2,1-2H3/t25-/m1/s1. The highest BCUT2D eigenvalue weighted by Gasteiger charge is 2.33. The van der Waals surface area contributed by atoms with Crippen molar-refractivity contribution in [1.82, 2.24) is 14.4 Å². The number of nitrogens with zero attached hydrogens (tertiary/aromatic N) is 2. The van der Waals surface area contributed by atoms with Gasteiger partial charge in [-0.3, -0.25) is 0 Å². The van der Waals surface area contributed by atoms with Crippen molar-refractivity contribution >= 4 is 20.9 Å². The van der Waals surface area contributed by atoms with Crippen LogP contribution in [0.4, 0.5) is 4.39 Å². The number of hydrogen-bond acceptors (Lipinski definition) is 3. The van der Waals surface area contributed by atoms with E-state index in [0.717, 1.165) is 33.2 Å². The van der Waals surface area contributed by atoms with E-state index in [2.05, 4.69) is 10.9 Å². The van der Waals surface area contributed by atoms with Crippen molar-refractivity contribution in [2.45, 2.75) is 31.3 Å². The fourth-order valence-corrected chi connectivity index (χ4v) is 5.57. The molecule has 7 heteroatoms. The Bertz CT molecular complexity index is 1410. The summed E-state index contributed by atoms with van der Waals surface area (Å²) < 4.78 is 42.5. The number of sulfonamides is 1. The maximum atomic E-state index is 14.2. The SMILES string of the molecule is Cc1ccc(S(=O)(=O)NN2CCc3ccccc3[C@@H]2n2cc(C)c3ccc(F)cc32)cc1. The second-order valence-corrected chi connectivity index (χ2v) is 9.97. The summed E-state index contributed by atoms with van der Waals surface area (Å²) in [4.78, 5) is 3.01. The van der Waals surface area contributed by atoms with Crippen LogP contribution in [0.25, 0.3) is 10.9 Å². The van der Waals surface area contributed by atoms with Gasteiger partial charge in [0.25, 0.3) is 10.0 Å². The number of hydrogen-bond donors (Lipinski definition) is 1. The molecule has 1 atom stereocenters. The van der Waals surface area contributed by atoms with Gasteiger partial charge in [-0.25, -0.2) is 17.8 Å². The van der Waals surface area contributed by atoms with Gasteiger partial charge < -0.3 is 4.57 Å². The van der Waals surface area contributed by atoms with Crippen molar-refractivity contribution in [2.24, 2.45) is 0 Å². The summed E-state index contributed by atoms with van der Waals surface area (Å²) >= 11 is 0. The molecule has 0 bridgehead atoms. The zero-order valence-corrected chi connectivity index (χ0v) is 18.7. The highest BCUT2D eigenvalue weighted by Crippen LogP contribution is 2.35. The van der Waals surface area contributed by atoms with E-state index < -0.39 is 16.2 Å². The fourth-order valence-electron chi connectivity index (χ4n) is 4.47. The topological polar surface area (TPSA) is 54.3 Å². The van der Waals surface area contributed by atoms with Crippen LogP contribution in [0.15, 0.2) is 77.8 Å². The van der Waals surface area contributed by atoms with E-state index >= 15 is 0 Å². The predicted molar refractivity (Wildman–Crippen MR) is 123 cm³/mol. The van der Waals surface area contributed by atoms with Crippen molar-refractivity contribution in [3.05, 3.63) is 101 Å². The number of benzene rings is 3. The number of halogens is 1. The Labute approximate surface area is 187 Å². The van der Waals surface area contributed by atoms with Gasteiger partial charge in [0.15, 0.2) is 0 Å². The highest BCUT2D eigenvalue weighted by atomic mass is 32.2. The molecule has 0 amide bonds. The van der Waals surface area contributed by atoms with E-state index in [-0.39, 0.29) is 10.7 Å². The van der Waals surface area contributed by atoms with Crippen LogP contribution in [0.1, 0.15) is 28.4 Å². The van der Waals surface area contributed by atoms with Crippen molar-refractivity contribution in [3.63, 3.8) is 0 Å². The third kappa shape index (κ3) is 3.62. The summed E-state index contributed by atoms with van der Waals surface area (Å²) in [5, 5.41) is 2.68. The number of rotatable bonds is 4. The number of nitrogens with one attached hydrogen (secondary N) is 1. The lowest BCUT2D eigenvalue weighted by molar-refractivity contribution is 0.135. The van der Waals surface area contributed by atoms with Crippen LogP contribution < -0.4 is 4.83 Å². The molecule has 0 aliphatic carbocycles. The van der Waals surface area contributed by atoms with Gasteiger partial charge in [0, 0.05) is 18.1 Å². The Balaban J connectivity index is 1.63. The Morgan fingerprint density at radius 2 is 1.75 bits per heavy atom. The molecule has 32 heavy (non-hydrogen) atoms. The Hall–Kier alpha value is -3.00. The third-order valence-corrected chi connectivity index (χ3v) is 7.45. The average molecular weight is 450 g/mol. The molecule has 5 rings (SSSR count). The molecule has 4 aromatic rings. The van der Waals surface area contributed by atoms with Gasteiger partial charge in [0.1, 0.15) is 12.0 Å². The lowest BCUT2D eigenvalue weighted by Gasteiger charge is -2.38. The Morgan fingerprint density at radius 3 is 2.53 bits per heavy atom. The van der Waals surface area contributed by atoms with E-state index in [0.29, 0.717) is 13.0 Å². The largest absolute Gasteiger partial charge is 0.325 e. The molecule has 0 radical (unpaired) electrons. The van der Waals surface area contributed by atoms with Gasteiger partial charge in [-0.2, -0.15) is 0 Å². The summed E-state index contributed by atoms with van der Waals surface area (Å²) in [6, 6.07) is 19.5. The molecule has 3 aromatic carbocycles. The molecule has 0 fully saturated rings. The molecule has 0 saturated carbocycles. The summed E-state index contributed by atoms with van der Waals surface area (Å²) in [6.07, 6.45) is 2.22. The first-order chi connectivity index (χ1) is 15.3. The van der Waals surface area contributed by atoms with Crippen molar-refractivity contribution in [2.75, 3.05) is 6.54 Å². The van der Waals surface area contributed by atoms with Gasteiger partial charge in [-0.1, -0.05) is 42.0 Å². The molecule has 1 aromatic heterocycles. The van der Waals surface area contributed by atoms with Gasteiger partial charge in [-0.15, -0.1) is 4.83 Å². The van der Waals surface area contributed by atoms with E-state index in [1.807, 2.05) is 42.8 Å². The number of fused-ring (bicyclic) bond motifs is 2. The zero-order valence-electron chi connectivity index (χ0n) is 17.9. The molecule has 1 aliphatic heterocycles. The highest BCUT2D eigenvalue weighted by molar-refractivity contribution is 7.89. The second kappa shape index (κ2) is 7.85. The summed E-state index contributed by atoms with van der Waals surface area (Å²) in [5.41, 5.74) is 4.86. The monoisotopic (exact) mass is 449 g/mol. The van der Waals surface area contributed by atoms with E-state index in [9.17, 15) is 12.8 Å². The van der Waals surface area contributed by atoms with Crippen LogP contribution >= 0.6 is 0 Å². The smallest absolute Gasteiger partial charge is 0.253 e. The van der Waals surface area contributed by atoms with Crippen LogP contribution in [0.5, 0.6) is 0 Å². The molecule has 0 saturated heterocycles. The van der Waals surface area contributed by atoms with Crippen LogP contribution in [-0.2, 0) is 16.4 Å². The first kappa shape index (κ1) is 20.9. The minimum Gasteiger partial charge on any atom is -0.325 e. The fraction of sp³-hybridized carbons (Fsp3) is 0.200. The molecule has 1 aliphatic rings. The molecule has 164 valence electrons. The summed E-state index contributed by atoms with van der Waals surface area (Å²) in [5.74, 6) is -0.326. The molecule has 1 N–H and O–H groups in total. The van der Waals surface area contributed by atoms with Crippen LogP contribution in [0.3, 0.4) is 0 Å². The van der Waals surface area contributed by atoms with Crippen LogP contribution in [0, 0.1) is 19.7 Å². The third-order valence-electron chi connectivity index (χ3n) is 6.08. The summed E-state index contributed by atoms with van der Waals surface area (Å²) in [6.45, 7) is 4.38. The number of aromatic nitrogens is 1. The molecule has 0 spiro atoms. The van der Waals surface area contributed by atoms with Gasteiger partial charge in [0.05, 0.1) is 10.4 Å². The number of hydrazine groups is 1. The zero-order chi connectivity index (χ0) is 22.5.